The first-order valence-electron chi connectivity index (χ1n) is 9.80. The molecule has 0 unspecified atom stereocenters. The summed E-state index contributed by atoms with van der Waals surface area (Å²) in [6.07, 6.45) is 2.50. The van der Waals surface area contributed by atoms with Crippen LogP contribution in [0.5, 0.6) is 0 Å². The molecule has 13 heteroatoms. The highest BCUT2D eigenvalue weighted by atomic mass is 35.5. The third-order valence-corrected chi connectivity index (χ3v) is 7.33. The lowest BCUT2D eigenvalue weighted by molar-refractivity contribution is -0.385. The van der Waals surface area contributed by atoms with Gasteiger partial charge in [-0.3, -0.25) is 14.9 Å². The lowest BCUT2D eigenvalue weighted by Gasteiger charge is -2.26. The number of nitrogens with one attached hydrogen (secondary N) is 1. The number of nitro groups is 1. The molecule has 1 heterocycles. The molecule has 0 radical (unpaired) electrons. The third kappa shape index (κ3) is 5.99. The number of carbonyl (C=O) groups excluding carboxylic acids is 2. The molecule has 0 aromatic heterocycles. The molecule has 0 spiro atoms. The van der Waals surface area contributed by atoms with Gasteiger partial charge in [0.25, 0.3) is 11.6 Å². The van der Waals surface area contributed by atoms with E-state index in [-0.39, 0.29) is 20.6 Å². The highest BCUT2D eigenvalue weighted by Crippen LogP contribution is 2.28. The van der Waals surface area contributed by atoms with Gasteiger partial charge in [-0.1, -0.05) is 29.6 Å². The minimum absolute atomic E-state index is 0.0181. The maximum Gasteiger partial charge on any atom is 0.345 e. The van der Waals surface area contributed by atoms with Crippen molar-refractivity contribution in [1.29, 1.82) is 0 Å². The molecule has 0 saturated carbocycles. The summed E-state index contributed by atoms with van der Waals surface area (Å²) in [5.41, 5.74) is -0.916. The first-order chi connectivity index (χ1) is 15.6. The molecule has 3 rings (SSSR count). The molecular formula is C20H19Cl2N3O7S. The van der Waals surface area contributed by atoms with E-state index in [9.17, 15) is 28.1 Å². The predicted octanol–water partition coefficient (Wildman–Crippen LogP) is 3.87. The average molecular weight is 516 g/mol. The van der Waals surface area contributed by atoms with E-state index in [1.807, 2.05) is 0 Å². The second-order valence-corrected chi connectivity index (χ2v) is 9.93. The van der Waals surface area contributed by atoms with E-state index in [4.69, 9.17) is 27.9 Å². The van der Waals surface area contributed by atoms with Gasteiger partial charge in [-0.15, -0.1) is 0 Å². The van der Waals surface area contributed by atoms with Gasteiger partial charge in [0.05, 0.1) is 20.5 Å². The topological polar surface area (TPSA) is 136 Å². The number of nitrogens with zero attached hydrogens (tertiary/aromatic N) is 2. The van der Waals surface area contributed by atoms with Gasteiger partial charge in [0.1, 0.15) is 5.56 Å². The third-order valence-electron chi connectivity index (χ3n) is 4.87. The summed E-state index contributed by atoms with van der Waals surface area (Å²) in [5.74, 6) is -1.94. The molecule has 1 saturated heterocycles. The van der Waals surface area contributed by atoms with E-state index in [1.165, 1.54) is 28.6 Å². The molecule has 0 atom stereocenters. The Bertz CT molecular complexity index is 1200. The number of benzene rings is 2. The number of piperidine rings is 1. The van der Waals surface area contributed by atoms with E-state index in [1.54, 1.807) is 0 Å². The van der Waals surface area contributed by atoms with Crippen molar-refractivity contribution < 1.29 is 27.7 Å². The summed E-state index contributed by atoms with van der Waals surface area (Å²) >= 11 is 11.9. The van der Waals surface area contributed by atoms with Crippen molar-refractivity contribution in [2.45, 2.75) is 24.2 Å². The standard InChI is InChI=1S/C20H19Cl2N3O7S/c21-13-4-7-18(25(28)29)15(10-13)20(27)32-12-19(26)23-17-11-14(5-6-16(17)22)33(30,31)24-8-2-1-3-9-24/h4-7,10-11H,1-3,8-9,12H2,(H,23,26). The lowest BCUT2D eigenvalue weighted by atomic mass is 10.2. The molecule has 33 heavy (non-hydrogen) atoms. The molecule has 1 aliphatic rings. The van der Waals surface area contributed by atoms with Crippen LogP contribution in [0.1, 0.15) is 29.6 Å². The zero-order chi connectivity index (χ0) is 24.2. The first kappa shape index (κ1) is 24.9. The normalized spacial score (nSPS) is 14.5. The Morgan fingerprint density at radius 2 is 1.79 bits per heavy atom. The van der Waals surface area contributed by atoms with Gasteiger partial charge >= 0.3 is 5.97 Å². The number of hydrogen-bond donors (Lipinski definition) is 1. The van der Waals surface area contributed by atoms with Crippen LogP contribution in [-0.4, -0.2) is 49.2 Å². The number of sulfonamides is 1. The van der Waals surface area contributed by atoms with Crippen LogP contribution in [0.3, 0.4) is 0 Å². The van der Waals surface area contributed by atoms with Gasteiger partial charge in [-0.25, -0.2) is 13.2 Å². The van der Waals surface area contributed by atoms with Gasteiger partial charge in [0.15, 0.2) is 6.61 Å². The van der Waals surface area contributed by atoms with Gasteiger partial charge in [0, 0.05) is 24.2 Å². The molecule has 1 amide bonds. The fourth-order valence-electron chi connectivity index (χ4n) is 3.24. The number of nitro benzene ring substituents is 1. The summed E-state index contributed by atoms with van der Waals surface area (Å²) < 4.78 is 32.0. The minimum atomic E-state index is -3.75. The van der Waals surface area contributed by atoms with Crippen LogP contribution >= 0.6 is 23.2 Å². The summed E-state index contributed by atoms with van der Waals surface area (Å²) in [5, 5.41) is 13.6. The van der Waals surface area contributed by atoms with Crippen LogP contribution in [0.15, 0.2) is 41.3 Å². The zero-order valence-corrected chi connectivity index (χ0v) is 19.5. The summed E-state index contributed by atoms with van der Waals surface area (Å²) in [7, 11) is -3.75. The smallest absolute Gasteiger partial charge is 0.345 e. The zero-order valence-electron chi connectivity index (χ0n) is 17.1. The Balaban J connectivity index is 1.70. The number of esters is 1. The quantitative estimate of drug-likeness (QED) is 0.335. The number of rotatable bonds is 7. The van der Waals surface area contributed by atoms with Crippen LogP contribution in [0.4, 0.5) is 11.4 Å². The number of anilines is 1. The molecule has 0 aliphatic carbocycles. The predicted molar refractivity (Wildman–Crippen MR) is 121 cm³/mol. The van der Waals surface area contributed by atoms with Crippen molar-refractivity contribution in [1.82, 2.24) is 4.31 Å². The Morgan fingerprint density at radius 3 is 2.45 bits per heavy atom. The van der Waals surface area contributed by atoms with Crippen LogP contribution in [-0.2, 0) is 19.6 Å². The van der Waals surface area contributed by atoms with Crippen molar-refractivity contribution in [3.8, 4) is 0 Å². The van der Waals surface area contributed by atoms with Crippen molar-refractivity contribution >= 4 is 56.5 Å². The Hall–Kier alpha value is -2.73. The van der Waals surface area contributed by atoms with E-state index in [0.29, 0.717) is 13.1 Å². The SMILES string of the molecule is O=C(COC(=O)c1cc(Cl)ccc1[N+](=O)[O-])Nc1cc(S(=O)(=O)N2CCCCC2)ccc1Cl. The molecule has 2 aromatic rings. The number of halogens is 2. The van der Waals surface area contributed by atoms with E-state index in [0.717, 1.165) is 31.4 Å². The fraction of sp³-hybridized carbons (Fsp3) is 0.300. The van der Waals surface area contributed by atoms with Crippen molar-refractivity contribution in [2.75, 3.05) is 25.0 Å². The fourth-order valence-corrected chi connectivity index (χ4v) is 5.12. The molecule has 10 nitrogen and oxygen atoms in total. The van der Waals surface area contributed by atoms with Gasteiger partial charge in [-0.2, -0.15) is 4.31 Å². The molecule has 1 N–H and O–H groups in total. The van der Waals surface area contributed by atoms with Crippen LogP contribution in [0, 0.1) is 10.1 Å². The number of hydrogen-bond acceptors (Lipinski definition) is 7. The molecule has 0 bridgehead atoms. The van der Waals surface area contributed by atoms with Crippen molar-refractivity contribution in [3.05, 3.63) is 62.1 Å². The summed E-state index contributed by atoms with van der Waals surface area (Å²) in [4.78, 5) is 34.8. The number of carbonyl (C=O) groups is 2. The molecule has 1 aliphatic heterocycles. The Kier molecular flexibility index (Phi) is 7.90. The van der Waals surface area contributed by atoms with Crippen LogP contribution in [0.25, 0.3) is 0 Å². The molecule has 2 aromatic carbocycles. The Labute approximate surface area is 199 Å². The molecular weight excluding hydrogens is 497 g/mol. The van der Waals surface area contributed by atoms with Gasteiger partial charge in [-0.05, 0) is 43.2 Å². The van der Waals surface area contributed by atoms with Gasteiger partial charge < -0.3 is 10.1 Å². The summed E-state index contributed by atoms with van der Waals surface area (Å²) in [6.45, 7) is 0.0401. The number of ether oxygens (including phenoxy) is 1. The lowest BCUT2D eigenvalue weighted by Crippen LogP contribution is -2.35. The maximum atomic E-state index is 12.9. The highest BCUT2D eigenvalue weighted by Gasteiger charge is 2.27. The van der Waals surface area contributed by atoms with Crippen LogP contribution < -0.4 is 5.32 Å². The van der Waals surface area contributed by atoms with E-state index < -0.39 is 44.7 Å². The molecule has 176 valence electrons. The maximum absolute atomic E-state index is 12.9. The van der Waals surface area contributed by atoms with Crippen molar-refractivity contribution in [3.63, 3.8) is 0 Å². The Morgan fingerprint density at radius 1 is 1.09 bits per heavy atom. The van der Waals surface area contributed by atoms with Crippen molar-refractivity contribution in [2.24, 2.45) is 0 Å². The van der Waals surface area contributed by atoms with E-state index in [2.05, 4.69) is 5.32 Å². The monoisotopic (exact) mass is 515 g/mol. The molecule has 1 fully saturated rings. The van der Waals surface area contributed by atoms with E-state index >= 15 is 0 Å². The first-order valence-corrected chi connectivity index (χ1v) is 12.0. The minimum Gasteiger partial charge on any atom is -0.452 e. The second-order valence-electron chi connectivity index (χ2n) is 7.15. The van der Waals surface area contributed by atoms with Gasteiger partial charge in [0.2, 0.25) is 10.0 Å². The second kappa shape index (κ2) is 10.5. The highest BCUT2D eigenvalue weighted by molar-refractivity contribution is 7.89. The number of amides is 1. The largest absolute Gasteiger partial charge is 0.452 e. The average Bonchev–Trinajstić information content (AvgIpc) is 2.79. The summed E-state index contributed by atoms with van der Waals surface area (Å²) in [6, 6.07) is 7.28. The van der Waals surface area contributed by atoms with Crippen LogP contribution in [0.2, 0.25) is 10.0 Å².